The fourth-order valence-electron chi connectivity index (χ4n) is 1.29. The average molecular weight is 215 g/mol. The van der Waals surface area contributed by atoms with E-state index in [1.165, 1.54) is 0 Å². The third-order valence-corrected chi connectivity index (χ3v) is 2.33. The molecule has 1 aromatic carbocycles. The molecular weight excluding hydrogens is 204 g/mol. The first-order valence-electron chi connectivity index (χ1n) is 4.22. The van der Waals surface area contributed by atoms with Gasteiger partial charge in [0.2, 0.25) is 0 Å². The Morgan fingerprint density at radius 1 is 1.43 bits per heavy atom. The van der Waals surface area contributed by atoms with Crippen LogP contribution in [0.25, 0.3) is 0 Å². The Hall–Kier alpha value is -1.06. The predicted molar refractivity (Wildman–Crippen MR) is 53.5 cm³/mol. The summed E-state index contributed by atoms with van der Waals surface area (Å²) in [6.07, 6.45) is -0.111. The van der Waals surface area contributed by atoms with E-state index >= 15 is 0 Å². The number of carboxylic acids is 1. The number of rotatable bonds is 4. The summed E-state index contributed by atoms with van der Waals surface area (Å²) in [5.74, 6) is -1.37. The lowest BCUT2D eigenvalue weighted by Gasteiger charge is -2.13. The minimum Gasteiger partial charge on any atom is -0.481 e. The molecule has 0 radical (unpaired) electrons. The van der Waals surface area contributed by atoms with Gasteiger partial charge in [0.05, 0.1) is 13.0 Å². The highest BCUT2D eigenvalue weighted by Crippen LogP contribution is 2.26. The first kappa shape index (κ1) is 11.0. The molecule has 1 unspecified atom stereocenters. The van der Waals surface area contributed by atoms with E-state index in [9.17, 15) is 4.79 Å². The zero-order chi connectivity index (χ0) is 10.6. The van der Waals surface area contributed by atoms with Crippen molar-refractivity contribution in [2.24, 2.45) is 0 Å². The first-order valence-corrected chi connectivity index (χ1v) is 4.60. The zero-order valence-electron chi connectivity index (χ0n) is 7.48. The Labute approximate surface area is 86.9 Å². The van der Waals surface area contributed by atoms with E-state index in [0.717, 1.165) is 0 Å². The molecule has 14 heavy (non-hydrogen) atoms. The number of aliphatic carboxylic acids is 1. The van der Waals surface area contributed by atoms with Crippen LogP contribution in [-0.2, 0) is 4.79 Å². The maximum atomic E-state index is 10.5. The third kappa shape index (κ3) is 2.72. The maximum Gasteiger partial charge on any atom is 0.304 e. The quantitative estimate of drug-likeness (QED) is 0.805. The average Bonchev–Trinajstić information content (AvgIpc) is 2.15. The molecule has 0 bridgehead atoms. The molecule has 0 fully saturated rings. The van der Waals surface area contributed by atoms with Gasteiger partial charge in [-0.15, -0.1) is 0 Å². The Kier molecular flexibility index (Phi) is 3.92. The Morgan fingerprint density at radius 3 is 2.57 bits per heavy atom. The first-order chi connectivity index (χ1) is 6.65. The summed E-state index contributed by atoms with van der Waals surface area (Å²) in [5.41, 5.74) is 0.680. The van der Waals surface area contributed by atoms with Gasteiger partial charge in [0, 0.05) is 10.9 Å². The predicted octanol–water partition coefficient (Wildman–Crippen LogP) is 1.89. The number of aliphatic hydroxyl groups excluding tert-OH is 1. The lowest BCUT2D eigenvalue weighted by Crippen LogP contribution is -2.10. The Bertz CT molecular complexity index is 325. The Balaban J connectivity index is 2.89. The van der Waals surface area contributed by atoms with Gasteiger partial charge in [0.15, 0.2) is 0 Å². The fraction of sp³-hybridized carbons (Fsp3) is 0.300. The number of carbonyl (C=O) groups is 1. The zero-order valence-corrected chi connectivity index (χ0v) is 8.24. The molecule has 0 amide bonds. The second kappa shape index (κ2) is 4.98. The van der Waals surface area contributed by atoms with Gasteiger partial charge in [-0.25, -0.2) is 0 Å². The highest BCUT2D eigenvalue weighted by molar-refractivity contribution is 6.31. The number of benzene rings is 1. The third-order valence-electron chi connectivity index (χ3n) is 1.99. The summed E-state index contributed by atoms with van der Waals surface area (Å²) in [6.45, 7) is -0.212. The van der Waals surface area contributed by atoms with Crippen molar-refractivity contribution >= 4 is 17.6 Å². The molecule has 0 spiro atoms. The van der Waals surface area contributed by atoms with E-state index in [-0.39, 0.29) is 13.0 Å². The molecule has 0 aliphatic heterocycles. The summed E-state index contributed by atoms with van der Waals surface area (Å²) >= 11 is 5.88. The summed E-state index contributed by atoms with van der Waals surface area (Å²) in [5, 5.41) is 18.1. The normalized spacial score (nSPS) is 12.4. The van der Waals surface area contributed by atoms with Gasteiger partial charge < -0.3 is 10.2 Å². The number of carboxylic acid groups (broad SMARTS) is 1. The van der Waals surface area contributed by atoms with Crippen LogP contribution < -0.4 is 0 Å². The molecule has 0 aromatic heterocycles. The number of hydrogen-bond acceptors (Lipinski definition) is 2. The smallest absolute Gasteiger partial charge is 0.304 e. The number of aliphatic hydroxyl groups is 1. The lowest BCUT2D eigenvalue weighted by molar-refractivity contribution is -0.137. The van der Waals surface area contributed by atoms with E-state index in [0.29, 0.717) is 10.6 Å². The molecule has 2 N–H and O–H groups in total. The minimum absolute atomic E-state index is 0.111. The SMILES string of the molecule is O=C(O)CC(CO)c1ccccc1Cl. The van der Waals surface area contributed by atoms with Crippen molar-refractivity contribution in [1.29, 1.82) is 0 Å². The molecule has 0 saturated carbocycles. The van der Waals surface area contributed by atoms with Crippen molar-refractivity contribution in [3.63, 3.8) is 0 Å². The van der Waals surface area contributed by atoms with Crippen molar-refractivity contribution in [2.45, 2.75) is 12.3 Å². The van der Waals surface area contributed by atoms with Gasteiger partial charge in [-0.2, -0.15) is 0 Å². The highest BCUT2D eigenvalue weighted by atomic mass is 35.5. The summed E-state index contributed by atoms with van der Waals surface area (Å²) < 4.78 is 0. The van der Waals surface area contributed by atoms with Gasteiger partial charge >= 0.3 is 5.97 Å². The van der Waals surface area contributed by atoms with Crippen LogP contribution in [-0.4, -0.2) is 22.8 Å². The number of hydrogen-bond donors (Lipinski definition) is 2. The monoisotopic (exact) mass is 214 g/mol. The van der Waals surface area contributed by atoms with Crippen LogP contribution in [0.4, 0.5) is 0 Å². The van der Waals surface area contributed by atoms with Gasteiger partial charge in [-0.3, -0.25) is 4.79 Å². The van der Waals surface area contributed by atoms with E-state index in [4.69, 9.17) is 21.8 Å². The van der Waals surface area contributed by atoms with Crippen LogP contribution in [0.2, 0.25) is 5.02 Å². The molecule has 1 atom stereocenters. The summed E-state index contributed by atoms with van der Waals surface area (Å²) in [7, 11) is 0. The maximum absolute atomic E-state index is 10.5. The van der Waals surface area contributed by atoms with Crippen molar-refractivity contribution < 1.29 is 15.0 Å². The second-order valence-corrected chi connectivity index (χ2v) is 3.41. The summed E-state index contributed by atoms with van der Waals surface area (Å²) in [6, 6.07) is 6.94. The van der Waals surface area contributed by atoms with Crippen LogP contribution in [0, 0.1) is 0 Å². The van der Waals surface area contributed by atoms with Crippen molar-refractivity contribution in [2.75, 3.05) is 6.61 Å². The highest BCUT2D eigenvalue weighted by Gasteiger charge is 2.16. The topological polar surface area (TPSA) is 57.5 Å². The number of halogens is 1. The summed E-state index contributed by atoms with van der Waals surface area (Å²) in [4.78, 5) is 10.5. The molecule has 76 valence electrons. The minimum atomic E-state index is -0.941. The van der Waals surface area contributed by atoms with Crippen molar-refractivity contribution in [1.82, 2.24) is 0 Å². The second-order valence-electron chi connectivity index (χ2n) is 3.00. The van der Waals surface area contributed by atoms with E-state index in [1.54, 1.807) is 24.3 Å². The largest absolute Gasteiger partial charge is 0.481 e. The van der Waals surface area contributed by atoms with Gasteiger partial charge in [0.1, 0.15) is 0 Å². The molecule has 0 aliphatic carbocycles. The molecule has 1 rings (SSSR count). The molecule has 0 saturated heterocycles. The van der Waals surface area contributed by atoms with E-state index in [1.807, 2.05) is 0 Å². The van der Waals surface area contributed by atoms with Crippen LogP contribution in [0.5, 0.6) is 0 Å². The van der Waals surface area contributed by atoms with E-state index in [2.05, 4.69) is 0 Å². The molecule has 3 nitrogen and oxygen atoms in total. The van der Waals surface area contributed by atoms with E-state index < -0.39 is 11.9 Å². The van der Waals surface area contributed by atoms with Crippen LogP contribution in [0.15, 0.2) is 24.3 Å². The van der Waals surface area contributed by atoms with Gasteiger partial charge in [-0.05, 0) is 11.6 Å². The molecular formula is C10H11ClO3. The van der Waals surface area contributed by atoms with Crippen LogP contribution in [0.3, 0.4) is 0 Å². The molecule has 0 aliphatic rings. The van der Waals surface area contributed by atoms with Crippen molar-refractivity contribution in [3.05, 3.63) is 34.9 Å². The van der Waals surface area contributed by atoms with Gasteiger partial charge in [0.25, 0.3) is 0 Å². The van der Waals surface area contributed by atoms with Crippen LogP contribution >= 0.6 is 11.6 Å². The fourth-order valence-corrected chi connectivity index (χ4v) is 1.58. The molecule has 0 heterocycles. The molecule has 4 heteroatoms. The van der Waals surface area contributed by atoms with Gasteiger partial charge in [-0.1, -0.05) is 29.8 Å². The van der Waals surface area contributed by atoms with Crippen molar-refractivity contribution in [3.8, 4) is 0 Å². The standard InChI is InChI=1S/C10H11ClO3/c11-9-4-2-1-3-8(9)7(6-12)5-10(13)14/h1-4,7,12H,5-6H2,(H,13,14). The van der Waals surface area contributed by atoms with Crippen LogP contribution in [0.1, 0.15) is 17.9 Å². The Morgan fingerprint density at radius 2 is 2.07 bits per heavy atom. The lowest BCUT2D eigenvalue weighted by atomic mass is 9.97. The molecule has 1 aromatic rings.